The van der Waals surface area contributed by atoms with E-state index >= 15 is 0 Å². The molecule has 0 spiro atoms. The van der Waals surface area contributed by atoms with Crippen LogP contribution in [0.2, 0.25) is 0 Å². The third-order valence-corrected chi connectivity index (χ3v) is 3.28. The molecule has 2 rings (SSSR count). The number of rotatable bonds is 7. The first-order valence-corrected chi connectivity index (χ1v) is 7.12. The second kappa shape index (κ2) is 8.10. The minimum Gasteiger partial charge on any atom is -0.496 e. The van der Waals surface area contributed by atoms with Gasteiger partial charge >= 0.3 is 6.61 Å². The molecule has 1 amide bonds. The van der Waals surface area contributed by atoms with E-state index in [4.69, 9.17) is 9.47 Å². The number of ether oxygens (including phenoxy) is 3. The standard InChI is InChI=1S/C16H14F2N2O6/c1-24-12-6-4-10(20(22)23)8-11(12)15(21)19-9-3-5-13(25-2)14(7-9)26-16(17)18/h3-8,16H,1-2H3,(H,19,21). The lowest BCUT2D eigenvalue weighted by molar-refractivity contribution is -0.384. The molecule has 0 aliphatic rings. The summed E-state index contributed by atoms with van der Waals surface area (Å²) in [5, 5.41) is 13.3. The Bertz CT molecular complexity index is 828. The lowest BCUT2D eigenvalue weighted by Gasteiger charge is -2.13. The number of carbonyl (C=O) groups is 1. The summed E-state index contributed by atoms with van der Waals surface area (Å²) in [5.41, 5.74) is -0.263. The minimum absolute atomic E-state index is 0.0521. The number of halogens is 2. The largest absolute Gasteiger partial charge is 0.496 e. The van der Waals surface area contributed by atoms with Crippen LogP contribution in [0.15, 0.2) is 36.4 Å². The zero-order valence-corrected chi connectivity index (χ0v) is 13.7. The highest BCUT2D eigenvalue weighted by atomic mass is 19.3. The SMILES string of the molecule is COc1ccc(NC(=O)c2cc([N+](=O)[O-])ccc2OC)cc1OC(F)F. The van der Waals surface area contributed by atoms with Gasteiger partial charge in [-0.25, -0.2) is 0 Å². The molecule has 0 atom stereocenters. The fourth-order valence-corrected chi connectivity index (χ4v) is 2.13. The molecule has 8 nitrogen and oxygen atoms in total. The summed E-state index contributed by atoms with van der Waals surface area (Å²) < 4.78 is 39.2. The summed E-state index contributed by atoms with van der Waals surface area (Å²) in [6, 6.07) is 7.40. The molecule has 26 heavy (non-hydrogen) atoms. The van der Waals surface area contributed by atoms with E-state index < -0.39 is 17.4 Å². The van der Waals surface area contributed by atoms with Crippen LogP contribution in [0.3, 0.4) is 0 Å². The molecule has 0 saturated carbocycles. The first-order chi connectivity index (χ1) is 12.3. The van der Waals surface area contributed by atoms with Crippen molar-refractivity contribution in [1.29, 1.82) is 0 Å². The molecule has 0 aliphatic heterocycles. The van der Waals surface area contributed by atoms with Crippen LogP contribution in [0, 0.1) is 10.1 Å². The first-order valence-electron chi connectivity index (χ1n) is 7.12. The van der Waals surface area contributed by atoms with Gasteiger partial charge < -0.3 is 19.5 Å². The number of alkyl halides is 2. The first kappa shape index (κ1) is 18.9. The van der Waals surface area contributed by atoms with Gasteiger partial charge in [-0.05, 0) is 18.2 Å². The van der Waals surface area contributed by atoms with E-state index in [1.165, 1.54) is 38.5 Å². The van der Waals surface area contributed by atoms with Crippen LogP contribution in [0.5, 0.6) is 17.2 Å². The van der Waals surface area contributed by atoms with Gasteiger partial charge in [-0.1, -0.05) is 0 Å². The quantitative estimate of drug-likeness (QED) is 0.593. The topological polar surface area (TPSA) is 99.9 Å². The second-order valence-corrected chi connectivity index (χ2v) is 4.84. The van der Waals surface area contributed by atoms with Crippen molar-refractivity contribution in [1.82, 2.24) is 0 Å². The third-order valence-electron chi connectivity index (χ3n) is 3.28. The van der Waals surface area contributed by atoms with Crippen LogP contribution in [-0.2, 0) is 0 Å². The zero-order chi connectivity index (χ0) is 19.3. The van der Waals surface area contributed by atoms with Crippen LogP contribution in [0.1, 0.15) is 10.4 Å². The average Bonchev–Trinajstić information content (AvgIpc) is 2.60. The van der Waals surface area contributed by atoms with E-state index in [2.05, 4.69) is 10.1 Å². The van der Waals surface area contributed by atoms with E-state index in [0.717, 1.165) is 12.1 Å². The number of methoxy groups -OCH3 is 2. The van der Waals surface area contributed by atoms with Gasteiger partial charge in [-0.2, -0.15) is 8.78 Å². The molecule has 0 radical (unpaired) electrons. The minimum atomic E-state index is -3.08. The fourth-order valence-electron chi connectivity index (χ4n) is 2.13. The summed E-state index contributed by atoms with van der Waals surface area (Å²) in [7, 11) is 2.58. The fraction of sp³-hybridized carbons (Fsp3) is 0.188. The highest BCUT2D eigenvalue weighted by molar-refractivity contribution is 6.06. The molecule has 0 heterocycles. The predicted molar refractivity (Wildman–Crippen MR) is 87.2 cm³/mol. The molecule has 0 saturated heterocycles. The van der Waals surface area contributed by atoms with Crippen LogP contribution in [0.25, 0.3) is 0 Å². The molecule has 0 bridgehead atoms. The van der Waals surface area contributed by atoms with E-state index in [-0.39, 0.29) is 34.2 Å². The van der Waals surface area contributed by atoms with Crippen molar-refractivity contribution in [3.8, 4) is 17.2 Å². The number of nitro benzene ring substituents is 1. The van der Waals surface area contributed by atoms with Gasteiger partial charge in [0.05, 0.1) is 24.7 Å². The molecule has 0 fully saturated rings. The van der Waals surface area contributed by atoms with Crippen LogP contribution >= 0.6 is 0 Å². The van der Waals surface area contributed by atoms with Gasteiger partial charge in [0, 0.05) is 23.9 Å². The van der Waals surface area contributed by atoms with Gasteiger partial charge in [-0.3, -0.25) is 14.9 Å². The molecule has 0 aliphatic carbocycles. The van der Waals surface area contributed by atoms with Crippen LogP contribution in [-0.4, -0.2) is 31.7 Å². The van der Waals surface area contributed by atoms with Crippen molar-refractivity contribution in [3.05, 3.63) is 52.1 Å². The maximum atomic E-state index is 12.5. The van der Waals surface area contributed by atoms with Crippen molar-refractivity contribution >= 4 is 17.3 Å². The summed E-state index contributed by atoms with van der Waals surface area (Å²) in [6.45, 7) is -3.08. The number of nitro groups is 1. The van der Waals surface area contributed by atoms with Gasteiger partial charge in [0.25, 0.3) is 11.6 Å². The number of anilines is 1. The summed E-state index contributed by atoms with van der Waals surface area (Å²) >= 11 is 0. The van der Waals surface area contributed by atoms with E-state index in [0.29, 0.717) is 0 Å². The summed E-state index contributed by atoms with van der Waals surface area (Å²) in [6.07, 6.45) is 0. The maximum Gasteiger partial charge on any atom is 0.387 e. The molecule has 1 N–H and O–H groups in total. The van der Waals surface area contributed by atoms with Crippen LogP contribution in [0.4, 0.5) is 20.2 Å². The Kier molecular flexibility index (Phi) is 5.89. The van der Waals surface area contributed by atoms with E-state index in [1.54, 1.807) is 0 Å². The highest BCUT2D eigenvalue weighted by Crippen LogP contribution is 2.32. The van der Waals surface area contributed by atoms with Crippen molar-refractivity contribution < 1.29 is 32.7 Å². The zero-order valence-electron chi connectivity index (χ0n) is 13.7. The molecule has 2 aromatic rings. The van der Waals surface area contributed by atoms with Gasteiger partial charge in [0.1, 0.15) is 5.75 Å². The number of benzene rings is 2. The highest BCUT2D eigenvalue weighted by Gasteiger charge is 2.19. The van der Waals surface area contributed by atoms with Gasteiger partial charge in [-0.15, -0.1) is 0 Å². The van der Waals surface area contributed by atoms with Crippen molar-refractivity contribution in [2.75, 3.05) is 19.5 Å². The molecule has 138 valence electrons. The molecular weight excluding hydrogens is 354 g/mol. The third kappa shape index (κ3) is 4.35. The molecule has 10 heteroatoms. The van der Waals surface area contributed by atoms with E-state index in [9.17, 15) is 23.7 Å². The monoisotopic (exact) mass is 368 g/mol. The summed E-state index contributed by atoms with van der Waals surface area (Å²) in [4.78, 5) is 22.7. The van der Waals surface area contributed by atoms with Crippen molar-refractivity contribution in [2.24, 2.45) is 0 Å². The molecule has 0 aromatic heterocycles. The van der Waals surface area contributed by atoms with Crippen LogP contribution < -0.4 is 19.5 Å². The number of nitrogens with one attached hydrogen (secondary N) is 1. The van der Waals surface area contributed by atoms with Crippen molar-refractivity contribution in [3.63, 3.8) is 0 Å². The normalized spacial score (nSPS) is 10.3. The lowest BCUT2D eigenvalue weighted by Crippen LogP contribution is -2.14. The maximum absolute atomic E-state index is 12.5. The molecular formula is C16H14F2N2O6. The molecule has 0 unspecified atom stereocenters. The average molecular weight is 368 g/mol. The number of nitrogens with zero attached hydrogens (tertiary/aromatic N) is 1. The second-order valence-electron chi connectivity index (χ2n) is 4.84. The number of hydrogen-bond acceptors (Lipinski definition) is 6. The Balaban J connectivity index is 2.32. The number of amides is 1. The number of non-ortho nitro benzene ring substituents is 1. The Morgan fingerprint density at radius 1 is 1.08 bits per heavy atom. The Hall–Kier alpha value is -3.43. The lowest BCUT2D eigenvalue weighted by atomic mass is 10.1. The number of carbonyl (C=O) groups excluding carboxylic acids is 1. The summed E-state index contributed by atoms with van der Waals surface area (Å²) in [5.74, 6) is -0.827. The Morgan fingerprint density at radius 2 is 1.73 bits per heavy atom. The van der Waals surface area contributed by atoms with Gasteiger partial charge in [0.2, 0.25) is 0 Å². The Morgan fingerprint density at radius 3 is 2.31 bits per heavy atom. The molecule has 2 aromatic carbocycles. The predicted octanol–water partition coefficient (Wildman–Crippen LogP) is 3.47. The smallest absolute Gasteiger partial charge is 0.387 e. The number of hydrogen-bond donors (Lipinski definition) is 1. The Labute approximate surface area is 146 Å². The van der Waals surface area contributed by atoms with Crippen molar-refractivity contribution in [2.45, 2.75) is 6.61 Å². The van der Waals surface area contributed by atoms with E-state index in [1.807, 2.05) is 0 Å². The van der Waals surface area contributed by atoms with Gasteiger partial charge in [0.15, 0.2) is 11.5 Å².